The van der Waals surface area contributed by atoms with Crippen molar-refractivity contribution in [2.75, 3.05) is 53.8 Å². The van der Waals surface area contributed by atoms with E-state index in [2.05, 4.69) is 41.3 Å². The second kappa shape index (κ2) is 52.4. The third-order valence-corrected chi connectivity index (χ3v) is 3.25. The van der Waals surface area contributed by atoms with Crippen LogP contribution >= 0.6 is 0 Å². The van der Waals surface area contributed by atoms with Crippen LogP contribution in [0.4, 0.5) is 9.59 Å². The van der Waals surface area contributed by atoms with Gasteiger partial charge in [-0.2, -0.15) is 11.0 Å². The highest BCUT2D eigenvalue weighted by Crippen LogP contribution is 2.00. The van der Waals surface area contributed by atoms with Crippen LogP contribution in [0.1, 0.15) is 70.2 Å². The molecule has 0 bridgehead atoms. The van der Waals surface area contributed by atoms with Gasteiger partial charge in [-0.1, -0.05) is 44.6 Å². The highest BCUT2D eigenvalue weighted by Gasteiger charge is 2.16. The van der Waals surface area contributed by atoms with Gasteiger partial charge in [-0.3, -0.25) is 14.5 Å². The van der Waals surface area contributed by atoms with E-state index in [1.54, 1.807) is 0 Å². The molecule has 0 aliphatic carbocycles. The van der Waals surface area contributed by atoms with Gasteiger partial charge in [0.1, 0.15) is 25.6 Å². The lowest BCUT2D eigenvalue weighted by Gasteiger charge is -2.18. The summed E-state index contributed by atoms with van der Waals surface area (Å²) >= 11 is 0. The van der Waals surface area contributed by atoms with Crippen LogP contribution in [0.25, 0.3) is 0 Å². The quantitative estimate of drug-likeness (QED) is 0.0832. The van der Waals surface area contributed by atoms with Crippen LogP contribution in [0, 0.1) is 0 Å². The van der Waals surface area contributed by atoms with Crippen molar-refractivity contribution in [3.8, 4) is 0 Å². The van der Waals surface area contributed by atoms with E-state index in [0.717, 1.165) is 6.29 Å². The minimum absolute atomic E-state index is 0. The highest BCUT2D eigenvalue weighted by molar-refractivity contribution is 5.75. The maximum atomic E-state index is 11.7. The summed E-state index contributed by atoms with van der Waals surface area (Å²) in [5.74, 6) is -0.168. The molecular weight excluding hydrogens is 526 g/mol. The van der Waals surface area contributed by atoms with Crippen molar-refractivity contribution in [3.63, 3.8) is 0 Å². The summed E-state index contributed by atoms with van der Waals surface area (Å²) in [7, 11) is 2.50. The van der Waals surface area contributed by atoms with E-state index in [0.29, 0.717) is 39.0 Å². The Kier molecular flexibility index (Phi) is 80.2. The molecule has 0 saturated carbocycles. The molecule has 0 heterocycles. The first kappa shape index (κ1) is 61.2. The molecule has 13 nitrogen and oxygen atoms in total. The van der Waals surface area contributed by atoms with Gasteiger partial charge in [-0.15, -0.1) is 26.3 Å². The number of rotatable bonds is 18. The monoisotopic (exact) mass is 589 g/mol. The van der Waals surface area contributed by atoms with Crippen LogP contribution < -0.4 is 16.3 Å². The molecule has 0 saturated heterocycles. The van der Waals surface area contributed by atoms with E-state index in [4.69, 9.17) is 18.9 Å². The molecule has 0 aliphatic heterocycles. The summed E-state index contributed by atoms with van der Waals surface area (Å²) in [4.78, 5) is 53.3. The van der Waals surface area contributed by atoms with Crippen molar-refractivity contribution in [3.05, 3.63) is 26.3 Å². The van der Waals surface area contributed by atoms with Crippen LogP contribution in [0.15, 0.2) is 26.3 Å². The molecule has 246 valence electrons. The van der Waals surface area contributed by atoms with E-state index in [-0.39, 0.29) is 76.7 Å². The zero-order chi connectivity index (χ0) is 26.5. The van der Waals surface area contributed by atoms with Crippen molar-refractivity contribution < 1.29 is 47.8 Å². The molecule has 0 aromatic rings. The van der Waals surface area contributed by atoms with Crippen LogP contribution in [-0.2, 0) is 38.2 Å². The van der Waals surface area contributed by atoms with Gasteiger partial charge in [-0.25, -0.2) is 9.59 Å². The van der Waals surface area contributed by atoms with Crippen molar-refractivity contribution in [2.24, 2.45) is 0 Å². The van der Waals surface area contributed by atoms with Gasteiger partial charge < -0.3 is 29.1 Å². The van der Waals surface area contributed by atoms with Crippen molar-refractivity contribution in [1.82, 2.24) is 16.3 Å². The summed E-state index contributed by atoms with van der Waals surface area (Å²) in [5.41, 5.74) is 3.94. The number of nitrogens with one attached hydrogen (secondary N) is 3. The predicted molar refractivity (Wildman–Crippen MR) is 164 cm³/mol. The Balaban J connectivity index is -0.000000131. The number of aldehydes is 1. The minimum atomic E-state index is -0.833. The normalized spacial score (nSPS) is 7.97. The number of carbonyl (C=O) groups excluding carboxylic acids is 4. The highest BCUT2D eigenvalue weighted by atomic mass is 16.7. The average molecular weight is 590 g/mol. The van der Waals surface area contributed by atoms with Gasteiger partial charge in [0.25, 0.3) is 0 Å². The van der Waals surface area contributed by atoms with Crippen molar-refractivity contribution >= 4 is 24.4 Å². The molecule has 0 aliphatic rings. The van der Waals surface area contributed by atoms with Crippen LogP contribution in [-0.4, -0.2) is 84.3 Å². The Hall–Kier alpha value is -3.00. The number of amides is 3. The van der Waals surface area contributed by atoms with E-state index < -0.39 is 18.3 Å². The Morgan fingerprint density at radius 3 is 1.65 bits per heavy atom. The number of unbranched alkanes of at least 4 members (excludes halogenated alkanes) is 1. The molecule has 0 aromatic carbocycles. The first-order valence-corrected chi connectivity index (χ1v) is 10.3. The maximum absolute atomic E-state index is 11.7. The molecule has 40 heavy (non-hydrogen) atoms. The lowest BCUT2D eigenvalue weighted by atomic mass is 10.3. The number of hydrogen-bond donors (Lipinski definition) is 3. The smallest absolute Gasteiger partial charge is 0.431 e. The van der Waals surface area contributed by atoms with E-state index in [9.17, 15) is 19.2 Å². The first-order chi connectivity index (χ1) is 16.5. The lowest BCUT2D eigenvalue weighted by molar-refractivity contribution is -0.121. The van der Waals surface area contributed by atoms with Gasteiger partial charge in [0, 0.05) is 32.6 Å². The van der Waals surface area contributed by atoms with E-state index in [1.807, 2.05) is 11.0 Å². The minimum Gasteiger partial charge on any atom is -0.445 e. The third kappa shape index (κ3) is 48.1. The maximum Gasteiger partial charge on any atom is 0.431 e. The molecule has 0 atom stereocenters. The van der Waals surface area contributed by atoms with Gasteiger partial charge in [-0.05, 0) is 12.8 Å². The van der Waals surface area contributed by atoms with E-state index in [1.165, 1.54) is 14.2 Å². The second-order valence-corrected chi connectivity index (χ2v) is 5.68. The van der Waals surface area contributed by atoms with Crippen LogP contribution in [0.5, 0.6) is 0 Å². The summed E-state index contributed by atoms with van der Waals surface area (Å²) in [6.07, 6.45) is 0.142. The lowest BCUT2D eigenvalue weighted by Crippen LogP contribution is -2.34. The van der Waals surface area contributed by atoms with Crippen molar-refractivity contribution in [1.29, 1.82) is 0 Å². The molecule has 0 fully saturated rings. The molecule has 0 aromatic heterocycles. The van der Waals surface area contributed by atoms with Gasteiger partial charge >= 0.3 is 12.2 Å². The summed E-state index contributed by atoms with van der Waals surface area (Å²) in [5, 5.41) is 2.70. The summed E-state index contributed by atoms with van der Waals surface area (Å²) in [6, 6.07) is 0. The fraction of sp³-hybridized carbons (Fsp3) is 0.704. The SMILES string of the molecule is C.C.C.C.C.C.C=C.C=C.CONC(=O)OCC(COC(=O)NOC)OCCCC(=O)NCCOCCCC=O. The van der Waals surface area contributed by atoms with E-state index >= 15 is 0 Å². The second-order valence-electron chi connectivity index (χ2n) is 5.68. The van der Waals surface area contributed by atoms with Crippen LogP contribution in [0.3, 0.4) is 0 Å². The Bertz CT molecular complexity index is 503. The van der Waals surface area contributed by atoms with Crippen molar-refractivity contribution in [2.45, 2.75) is 76.3 Å². The Morgan fingerprint density at radius 1 is 0.750 bits per heavy atom. The molecule has 0 spiro atoms. The molecular formula is C27H63N3O10. The number of hydroxylamine groups is 2. The molecule has 13 heteroatoms. The van der Waals surface area contributed by atoms with Gasteiger partial charge in [0.05, 0.1) is 20.8 Å². The fourth-order valence-electron chi connectivity index (χ4n) is 1.91. The summed E-state index contributed by atoms with van der Waals surface area (Å²) < 4.78 is 20.5. The molecule has 3 amide bonds. The summed E-state index contributed by atoms with van der Waals surface area (Å²) in [6.45, 7) is 13.0. The van der Waals surface area contributed by atoms with Gasteiger partial charge in [0.2, 0.25) is 5.91 Å². The average Bonchev–Trinajstić information content (AvgIpc) is 2.85. The Morgan fingerprint density at radius 2 is 1.23 bits per heavy atom. The topological polar surface area (TPSA) is 160 Å². The van der Waals surface area contributed by atoms with Gasteiger partial charge in [0.15, 0.2) is 0 Å². The Labute approximate surface area is 245 Å². The molecule has 0 radical (unpaired) electrons. The molecule has 0 rings (SSSR count). The first-order valence-electron chi connectivity index (χ1n) is 10.3. The predicted octanol–water partition coefficient (Wildman–Crippen LogP) is 5.26. The number of hydrogen-bond acceptors (Lipinski definition) is 10. The standard InChI is InChI=1S/C17H31N3O10.2C2H4.6CH4/c1-25-19-16(23)29-12-14(13-30-17(24)20-26-2)28-10-5-6-15(22)18-7-11-27-9-4-3-8-21;2*1-2;;;;;;/h8,14H,3-7,9-13H2,1-2H3,(H,18,22)(H,19,23)(H,20,24);2*1-2H2;6*1H4. The zero-order valence-electron chi connectivity index (χ0n) is 20.1. The third-order valence-electron chi connectivity index (χ3n) is 3.25. The fourth-order valence-corrected chi connectivity index (χ4v) is 1.91. The zero-order valence-corrected chi connectivity index (χ0v) is 20.1. The largest absolute Gasteiger partial charge is 0.445 e. The van der Waals surface area contributed by atoms with Crippen LogP contribution in [0.2, 0.25) is 0 Å². The molecule has 0 unspecified atom stereocenters. The number of carbonyl (C=O) groups is 4. The molecule has 3 N–H and O–H groups in total. The number of ether oxygens (including phenoxy) is 4.